The van der Waals surface area contributed by atoms with E-state index in [9.17, 15) is 9.59 Å². The van der Waals surface area contributed by atoms with Gasteiger partial charge in [0.2, 0.25) is 0 Å². The summed E-state index contributed by atoms with van der Waals surface area (Å²) < 4.78 is 7.16. The first-order valence-electron chi connectivity index (χ1n) is 10.2. The van der Waals surface area contributed by atoms with Crippen LogP contribution >= 0.6 is 11.6 Å². The van der Waals surface area contributed by atoms with Crippen molar-refractivity contribution in [3.8, 4) is 17.1 Å². The lowest BCUT2D eigenvalue weighted by molar-refractivity contribution is 0.0950. The molecular formula is C24H19ClN4O3. The Morgan fingerprint density at radius 3 is 2.41 bits per heavy atom. The average molecular weight is 447 g/mol. The number of benzene rings is 2. The molecule has 1 aliphatic carbocycles. The average Bonchev–Trinajstić information content (AvgIpc) is 3.27. The Labute approximate surface area is 189 Å². The standard InChI is InChI=1S/C24H19ClN4O3/c25-16-5-11-19(12-6-16)29-21(22-2-1-13-32-22)14-20(28-29)24(31)27-17-7-3-15(4-8-17)23(30)26-18-9-10-18/h1-8,11-14,18H,9-10H2,(H,26,30)(H,27,31). The molecule has 2 heterocycles. The first kappa shape index (κ1) is 20.1. The largest absolute Gasteiger partial charge is 0.463 e. The fourth-order valence-electron chi connectivity index (χ4n) is 3.27. The highest BCUT2D eigenvalue weighted by molar-refractivity contribution is 6.30. The number of amides is 2. The van der Waals surface area contributed by atoms with E-state index in [2.05, 4.69) is 15.7 Å². The molecule has 0 bridgehead atoms. The molecule has 1 fully saturated rings. The number of nitrogens with one attached hydrogen (secondary N) is 2. The summed E-state index contributed by atoms with van der Waals surface area (Å²) in [4.78, 5) is 25.0. The van der Waals surface area contributed by atoms with E-state index in [1.807, 2.05) is 12.1 Å². The topological polar surface area (TPSA) is 89.2 Å². The quantitative estimate of drug-likeness (QED) is 0.439. The van der Waals surface area contributed by atoms with Crippen LogP contribution in [0.15, 0.2) is 77.4 Å². The van der Waals surface area contributed by atoms with E-state index in [-0.39, 0.29) is 17.5 Å². The Morgan fingerprint density at radius 1 is 1.00 bits per heavy atom. The first-order valence-corrected chi connectivity index (χ1v) is 10.6. The van der Waals surface area contributed by atoms with Crippen LogP contribution in [0.3, 0.4) is 0 Å². The van der Waals surface area contributed by atoms with Crippen LogP contribution < -0.4 is 10.6 Å². The number of furan rings is 1. The van der Waals surface area contributed by atoms with Crippen molar-refractivity contribution >= 4 is 29.1 Å². The molecule has 32 heavy (non-hydrogen) atoms. The molecule has 1 aliphatic rings. The molecule has 0 saturated heterocycles. The second-order valence-corrected chi connectivity index (χ2v) is 8.00. The van der Waals surface area contributed by atoms with E-state index in [4.69, 9.17) is 16.0 Å². The van der Waals surface area contributed by atoms with Gasteiger partial charge < -0.3 is 15.1 Å². The summed E-state index contributed by atoms with van der Waals surface area (Å²) in [5.74, 6) is 0.105. The highest BCUT2D eigenvalue weighted by Gasteiger charge is 2.24. The number of hydrogen-bond donors (Lipinski definition) is 2. The minimum atomic E-state index is -0.374. The van der Waals surface area contributed by atoms with Crippen LogP contribution in [0.4, 0.5) is 5.69 Å². The zero-order valence-corrected chi connectivity index (χ0v) is 17.7. The predicted octanol–water partition coefficient (Wildman–Crippen LogP) is 4.93. The maximum Gasteiger partial charge on any atom is 0.276 e. The molecule has 0 radical (unpaired) electrons. The normalized spacial score (nSPS) is 13.0. The summed E-state index contributed by atoms with van der Waals surface area (Å²) in [6.45, 7) is 0. The molecule has 1 saturated carbocycles. The zero-order valence-electron chi connectivity index (χ0n) is 16.9. The smallest absolute Gasteiger partial charge is 0.276 e. The van der Waals surface area contributed by atoms with Crippen LogP contribution in [0.2, 0.25) is 5.02 Å². The third kappa shape index (κ3) is 4.29. The highest BCUT2D eigenvalue weighted by atomic mass is 35.5. The molecule has 2 amide bonds. The number of rotatable bonds is 6. The van der Waals surface area contributed by atoms with E-state index in [0.29, 0.717) is 33.8 Å². The number of carbonyl (C=O) groups is 2. The van der Waals surface area contributed by atoms with Crippen LogP contribution in [0.25, 0.3) is 17.1 Å². The highest BCUT2D eigenvalue weighted by Crippen LogP contribution is 2.26. The Hall–Kier alpha value is -3.84. The molecular weight excluding hydrogens is 428 g/mol. The summed E-state index contributed by atoms with van der Waals surface area (Å²) in [6.07, 6.45) is 3.63. The number of nitrogens with zero attached hydrogens (tertiary/aromatic N) is 2. The Balaban J connectivity index is 1.38. The second kappa shape index (κ2) is 8.36. The minimum Gasteiger partial charge on any atom is -0.463 e. The Morgan fingerprint density at radius 2 is 1.75 bits per heavy atom. The molecule has 5 rings (SSSR count). The number of hydrogen-bond acceptors (Lipinski definition) is 4. The summed E-state index contributed by atoms with van der Waals surface area (Å²) in [5, 5.41) is 10.9. The number of carbonyl (C=O) groups excluding carboxylic acids is 2. The number of anilines is 1. The van der Waals surface area contributed by atoms with E-state index in [1.165, 1.54) is 0 Å². The lowest BCUT2D eigenvalue weighted by Gasteiger charge is -2.06. The van der Waals surface area contributed by atoms with Gasteiger partial charge in [-0.1, -0.05) is 11.6 Å². The minimum absolute atomic E-state index is 0.102. The van der Waals surface area contributed by atoms with Crippen LogP contribution in [-0.2, 0) is 0 Å². The lowest BCUT2D eigenvalue weighted by atomic mass is 10.2. The van der Waals surface area contributed by atoms with E-state index >= 15 is 0 Å². The molecule has 7 nitrogen and oxygen atoms in total. The van der Waals surface area contributed by atoms with Crippen molar-refractivity contribution in [3.63, 3.8) is 0 Å². The van der Waals surface area contributed by atoms with Crippen molar-refractivity contribution in [2.45, 2.75) is 18.9 Å². The van der Waals surface area contributed by atoms with Gasteiger partial charge in [-0.05, 0) is 73.5 Å². The molecule has 0 atom stereocenters. The molecule has 2 N–H and O–H groups in total. The Bertz CT molecular complexity index is 1260. The van der Waals surface area contributed by atoms with E-state index < -0.39 is 0 Å². The molecule has 0 spiro atoms. The van der Waals surface area contributed by atoms with Crippen molar-refractivity contribution in [1.29, 1.82) is 0 Å². The second-order valence-electron chi connectivity index (χ2n) is 7.56. The van der Waals surface area contributed by atoms with Crippen LogP contribution in [0.5, 0.6) is 0 Å². The summed E-state index contributed by atoms with van der Waals surface area (Å²) in [7, 11) is 0. The van der Waals surface area contributed by atoms with Gasteiger partial charge >= 0.3 is 0 Å². The molecule has 8 heteroatoms. The predicted molar refractivity (Wildman–Crippen MR) is 121 cm³/mol. The molecule has 2 aromatic heterocycles. The molecule has 160 valence electrons. The van der Waals surface area contributed by atoms with Gasteiger partial charge in [0.05, 0.1) is 12.0 Å². The van der Waals surface area contributed by atoms with Gasteiger partial charge in [-0.25, -0.2) is 4.68 Å². The van der Waals surface area contributed by atoms with E-state index in [1.54, 1.807) is 65.5 Å². The fraction of sp³-hybridized carbons (Fsp3) is 0.125. The SMILES string of the molecule is O=C(NC1CC1)c1ccc(NC(=O)c2cc(-c3ccco3)n(-c3ccc(Cl)cc3)n2)cc1. The molecule has 0 aliphatic heterocycles. The third-order valence-corrected chi connectivity index (χ3v) is 5.36. The van der Waals surface area contributed by atoms with Gasteiger partial charge in [0.1, 0.15) is 5.69 Å². The van der Waals surface area contributed by atoms with Gasteiger partial charge in [0, 0.05) is 28.4 Å². The van der Waals surface area contributed by atoms with Crippen LogP contribution in [-0.4, -0.2) is 27.6 Å². The van der Waals surface area contributed by atoms with Gasteiger partial charge in [-0.2, -0.15) is 5.10 Å². The zero-order chi connectivity index (χ0) is 22.1. The molecule has 4 aromatic rings. The number of halogens is 1. The molecule has 0 unspecified atom stereocenters. The van der Waals surface area contributed by atoms with E-state index in [0.717, 1.165) is 18.5 Å². The maximum atomic E-state index is 12.9. The monoisotopic (exact) mass is 446 g/mol. The first-order chi connectivity index (χ1) is 15.6. The van der Waals surface area contributed by atoms with Crippen molar-refractivity contribution in [2.75, 3.05) is 5.32 Å². The van der Waals surface area contributed by atoms with Crippen molar-refractivity contribution < 1.29 is 14.0 Å². The molecule has 2 aromatic carbocycles. The van der Waals surface area contributed by atoms with Gasteiger partial charge in [-0.3, -0.25) is 9.59 Å². The maximum absolute atomic E-state index is 12.9. The summed E-state index contributed by atoms with van der Waals surface area (Å²) in [6, 6.07) is 19.4. The van der Waals surface area contributed by atoms with Gasteiger partial charge in [-0.15, -0.1) is 0 Å². The fourth-order valence-corrected chi connectivity index (χ4v) is 3.39. The van der Waals surface area contributed by atoms with Gasteiger partial charge in [0.15, 0.2) is 11.5 Å². The number of aromatic nitrogens is 2. The van der Waals surface area contributed by atoms with Crippen molar-refractivity contribution in [1.82, 2.24) is 15.1 Å². The summed E-state index contributed by atoms with van der Waals surface area (Å²) >= 11 is 6.01. The third-order valence-electron chi connectivity index (χ3n) is 5.10. The van der Waals surface area contributed by atoms with Gasteiger partial charge in [0.25, 0.3) is 11.8 Å². The van der Waals surface area contributed by atoms with Crippen molar-refractivity contribution in [2.24, 2.45) is 0 Å². The Kier molecular flexibility index (Phi) is 5.25. The van der Waals surface area contributed by atoms with Crippen LogP contribution in [0, 0.1) is 0 Å². The lowest BCUT2D eigenvalue weighted by Crippen LogP contribution is -2.25. The summed E-state index contributed by atoms with van der Waals surface area (Å²) in [5.41, 5.74) is 2.72. The van der Waals surface area contributed by atoms with Crippen molar-refractivity contribution in [3.05, 3.63) is 89.3 Å². The van der Waals surface area contributed by atoms with Crippen LogP contribution in [0.1, 0.15) is 33.7 Å².